The number of H-pyrrole nitrogens is 1. The number of nitrogens with one attached hydrogen (secondary N) is 3. The molecule has 3 amide bonds. The smallest absolute Gasteiger partial charge is 0.355 e. The zero-order chi connectivity index (χ0) is 19.1. The van der Waals surface area contributed by atoms with Crippen LogP contribution in [0.2, 0.25) is 0 Å². The Balaban J connectivity index is 2.20. The molecule has 1 atom stereocenters. The van der Waals surface area contributed by atoms with E-state index in [-0.39, 0.29) is 11.5 Å². The summed E-state index contributed by atoms with van der Waals surface area (Å²) < 4.78 is 5.28. The molecule has 0 saturated heterocycles. The van der Waals surface area contributed by atoms with Gasteiger partial charge in [-0.1, -0.05) is 30.3 Å². The molecular formula is C18H19N3O5. The quantitative estimate of drug-likeness (QED) is 0.540. The first-order valence-corrected chi connectivity index (χ1v) is 7.96. The van der Waals surface area contributed by atoms with E-state index in [1.807, 2.05) is 0 Å². The number of hydrogen-bond donors (Lipinski definition) is 3. The highest BCUT2D eigenvalue weighted by Gasteiger charge is 2.27. The van der Waals surface area contributed by atoms with Crippen LogP contribution in [-0.4, -0.2) is 35.2 Å². The minimum absolute atomic E-state index is 0.0296. The van der Waals surface area contributed by atoms with Crippen molar-refractivity contribution in [1.82, 2.24) is 15.6 Å². The average molecular weight is 357 g/mol. The van der Waals surface area contributed by atoms with Crippen LogP contribution in [0.5, 0.6) is 0 Å². The molecule has 0 saturated carbocycles. The Bertz CT molecular complexity index is 813. The summed E-state index contributed by atoms with van der Waals surface area (Å²) in [5, 5.41) is 4.56. The molecule has 0 unspecified atom stereocenters. The van der Waals surface area contributed by atoms with Gasteiger partial charge in [-0.25, -0.2) is 9.59 Å². The number of urea groups is 1. The monoisotopic (exact) mass is 357 g/mol. The lowest BCUT2D eigenvalue weighted by Gasteiger charge is -2.17. The van der Waals surface area contributed by atoms with E-state index in [0.29, 0.717) is 17.7 Å². The fourth-order valence-electron chi connectivity index (χ4n) is 2.17. The van der Waals surface area contributed by atoms with Crippen molar-refractivity contribution in [2.24, 2.45) is 0 Å². The van der Waals surface area contributed by atoms with Gasteiger partial charge in [-0.05, 0) is 19.9 Å². The summed E-state index contributed by atoms with van der Waals surface area (Å²) in [6.07, 6.45) is 0.0565. The van der Waals surface area contributed by atoms with Crippen LogP contribution in [-0.2, 0) is 9.53 Å². The fourth-order valence-corrected chi connectivity index (χ4v) is 2.17. The fraction of sp³-hybridized carbons (Fsp3) is 0.222. The number of hydrogen-bond acceptors (Lipinski definition) is 5. The van der Waals surface area contributed by atoms with Crippen molar-refractivity contribution in [3.05, 3.63) is 59.4 Å². The van der Waals surface area contributed by atoms with Crippen molar-refractivity contribution in [2.75, 3.05) is 6.54 Å². The number of carbonyl (C=O) groups is 4. The maximum Gasteiger partial charge on any atom is 0.355 e. The van der Waals surface area contributed by atoms with E-state index < -0.39 is 24.0 Å². The van der Waals surface area contributed by atoms with Crippen molar-refractivity contribution in [2.45, 2.75) is 20.0 Å². The lowest BCUT2D eigenvalue weighted by Crippen LogP contribution is -2.42. The number of aromatic amines is 1. The number of esters is 1. The Hall–Kier alpha value is -3.42. The standard InChI is InChI=1S/C18H19N3O5/c1-3-19-18(25)21-16(23)15(12-7-5-4-6-8-12)26-17(24)14-9-13(10-20-14)11(2)22/h4-10,15,20H,3H2,1-2H3,(H2,19,21,23,25)/t15-/m0/s1. The summed E-state index contributed by atoms with van der Waals surface area (Å²) in [6.45, 7) is 3.41. The van der Waals surface area contributed by atoms with E-state index in [9.17, 15) is 19.2 Å². The van der Waals surface area contributed by atoms with E-state index in [2.05, 4.69) is 15.6 Å². The highest BCUT2D eigenvalue weighted by atomic mass is 16.5. The van der Waals surface area contributed by atoms with Gasteiger partial charge in [0.15, 0.2) is 5.78 Å². The third-order valence-corrected chi connectivity index (χ3v) is 3.45. The summed E-state index contributed by atoms with van der Waals surface area (Å²) in [5.41, 5.74) is 0.753. The van der Waals surface area contributed by atoms with Gasteiger partial charge in [-0.15, -0.1) is 0 Å². The number of rotatable bonds is 6. The molecule has 8 nitrogen and oxygen atoms in total. The molecule has 0 radical (unpaired) electrons. The Morgan fingerprint density at radius 2 is 1.85 bits per heavy atom. The topological polar surface area (TPSA) is 117 Å². The number of benzene rings is 1. The molecule has 26 heavy (non-hydrogen) atoms. The zero-order valence-corrected chi connectivity index (χ0v) is 14.4. The van der Waals surface area contributed by atoms with Crippen LogP contribution in [0.25, 0.3) is 0 Å². The van der Waals surface area contributed by atoms with Gasteiger partial charge < -0.3 is 15.0 Å². The van der Waals surface area contributed by atoms with Gasteiger partial charge in [0.2, 0.25) is 6.10 Å². The second-order valence-corrected chi connectivity index (χ2v) is 5.40. The molecule has 0 aliphatic rings. The molecule has 0 bridgehead atoms. The molecule has 0 spiro atoms. The first-order valence-electron chi connectivity index (χ1n) is 7.96. The normalized spacial score (nSPS) is 11.3. The number of carbonyl (C=O) groups excluding carboxylic acids is 4. The molecule has 2 aromatic rings. The van der Waals surface area contributed by atoms with E-state index >= 15 is 0 Å². The molecule has 136 valence electrons. The van der Waals surface area contributed by atoms with Crippen molar-refractivity contribution >= 4 is 23.7 Å². The van der Waals surface area contributed by atoms with Crippen LogP contribution in [0.3, 0.4) is 0 Å². The number of Topliss-reactive ketones (excluding diaryl/α,β-unsaturated/α-hetero) is 1. The van der Waals surface area contributed by atoms with Gasteiger partial charge in [0.1, 0.15) is 5.69 Å². The Labute approximate surface area is 149 Å². The molecular weight excluding hydrogens is 338 g/mol. The highest BCUT2D eigenvalue weighted by Crippen LogP contribution is 2.19. The van der Waals surface area contributed by atoms with Gasteiger partial charge in [-0.2, -0.15) is 0 Å². The molecule has 1 aromatic heterocycles. The minimum atomic E-state index is -1.32. The third-order valence-electron chi connectivity index (χ3n) is 3.45. The molecule has 0 aliphatic carbocycles. The second-order valence-electron chi connectivity index (χ2n) is 5.40. The van der Waals surface area contributed by atoms with Gasteiger partial charge in [-0.3, -0.25) is 14.9 Å². The van der Waals surface area contributed by atoms with Crippen molar-refractivity contribution < 1.29 is 23.9 Å². The van der Waals surface area contributed by atoms with Crippen LogP contribution in [0.4, 0.5) is 4.79 Å². The second kappa shape index (κ2) is 8.61. The van der Waals surface area contributed by atoms with E-state index in [1.54, 1.807) is 37.3 Å². The van der Waals surface area contributed by atoms with Crippen molar-refractivity contribution in [1.29, 1.82) is 0 Å². The third kappa shape index (κ3) is 4.79. The molecule has 2 rings (SSSR count). The largest absolute Gasteiger partial charge is 0.443 e. The Morgan fingerprint density at radius 1 is 1.15 bits per heavy atom. The first-order chi connectivity index (χ1) is 12.4. The van der Waals surface area contributed by atoms with Crippen molar-refractivity contribution in [3.63, 3.8) is 0 Å². The van der Waals surface area contributed by atoms with Crippen LogP contribution < -0.4 is 10.6 Å². The van der Waals surface area contributed by atoms with E-state index in [4.69, 9.17) is 4.74 Å². The minimum Gasteiger partial charge on any atom is -0.443 e. The first kappa shape index (κ1) is 18.9. The lowest BCUT2D eigenvalue weighted by molar-refractivity contribution is -0.129. The van der Waals surface area contributed by atoms with Crippen LogP contribution in [0.15, 0.2) is 42.6 Å². The zero-order valence-electron chi connectivity index (χ0n) is 14.4. The number of imide groups is 1. The maximum absolute atomic E-state index is 12.4. The molecule has 0 fully saturated rings. The molecule has 1 aromatic carbocycles. The molecule has 0 aliphatic heterocycles. The predicted octanol–water partition coefficient (Wildman–Crippen LogP) is 1.96. The SMILES string of the molecule is CCNC(=O)NC(=O)[C@@H](OC(=O)c1cc(C(C)=O)c[nH]1)c1ccccc1. The van der Waals surface area contributed by atoms with Gasteiger partial charge in [0, 0.05) is 23.9 Å². The summed E-state index contributed by atoms with van der Waals surface area (Å²) in [7, 11) is 0. The molecule has 8 heteroatoms. The van der Waals surface area contributed by atoms with Crippen molar-refractivity contribution in [3.8, 4) is 0 Å². The Kier molecular flexibility index (Phi) is 6.26. The summed E-state index contributed by atoms with van der Waals surface area (Å²) in [6, 6.07) is 8.96. The summed E-state index contributed by atoms with van der Waals surface area (Å²) in [4.78, 5) is 50.3. The maximum atomic E-state index is 12.4. The lowest BCUT2D eigenvalue weighted by atomic mass is 10.1. The van der Waals surface area contributed by atoms with Gasteiger partial charge >= 0.3 is 12.0 Å². The average Bonchev–Trinajstić information content (AvgIpc) is 3.11. The summed E-state index contributed by atoms with van der Waals surface area (Å²) in [5.74, 6) is -1.82. The van der Waals surface area contributed by atoms with Crippen LogP contribution in [0, 0.1) is 0 Å². The summed E-state index contributed by atoms with van der Waals surface area (Å²) >= 11 is 0. The Morgan fingerprint density at radius 3 is 2.42 bits per heavy atom. The predicted molar refractivity (Wildman–Crippen MR) is 92.6 cm³/mol. The molecule has 3 N–H and O–H groups in total. The van der Waals surface area contributed by atoms with Crippen LogP contribution in [0.1, 0.15) is 46.4 Å². The van der Waals surface area contributed by atoms with E-state index in [0.717, 1.165) is 0 Å². The van der Waals surface area contributed by atoms with Gasteiger partial charge in [0.05, 0.1) is 0 Å². The van der Waals surface area contributed by atoms with Crippen LogP contribution >= 0.6 is 0 Å². The number of ether oxygens (including phenoxy) is 1. The number of aromatic nitrogens is 1. The number of amides is 3. The van der Waals surface area contributed by atoms with Gasteiger partial charge in [0.25, 0.3) is 5.91 Å². The number of ketones is 1. The van der Waals surface area contributed by atoms with E-state index in [1.165, 1.54) is 19.2 Å². The highest BCUT2D eigenvalue weighted by molar-refractivity contribution is 6.00. The molecule has 1 heterocycles.